The second-order valence-electron chi connectivity index (χ2n) is 3.99. The maximum absolute atomic E-state index is 9.65. The fourth-order valence-corrected chi connectivity index (χ4v) is 1.35. The van der Waals surface area contributed by atoms with Gasteiger partial charge in [0.15, 0.2) is 0 Å². The number of hydrogen-bond acceptors (Lipinski definition) is 3. The Labute approximate surface area is 84.2 Å². The SMILES string of the molecule is CC(C)C(O)C(O)Cc1ccn(C)n1. The van der Waals surface area contributed by atoms with Crippen molar-refractivity contribution in [1.82, 2.24) is 9.78 Å². The zero-order chi connectivity index (χ0) is 10.7. The molecule has 14 heavy (non-hydrogen) atoms. The molecule has 0 aliphatic carbocycles. The molecular weight excluding hydrogens is 180 g/mol. The Morgan fingerprint density at radius 3 is 2.50 bits per heavy atom. The highest BCUT2D eigenvalue weighted by Crippen LogP contribution is 2.10. The first-order valence-corrected chi connectivity index (χ1v) is 4.85. The Kier molecular flexibility index (Phi) is 3.66. The molecule has 80 valence electrons. The summed E-state index contributed by atoms with van der Waals surface area (Å²) in [4.78, 5) is 0. The molecule has 0 bridgehead atoms. The number of aromatic nitrogens is 2. The summed E-state index contributed by atoms with van der Waals surface area (Å²) in [5.41, 5.74) is 0.805. The van der Waals surface area contributed by atoms with E-state index < -0.39 is 12.2 Å². The van der Waals surface area contributed by atoms with E-state index in [0.717, 1.165) is 5.69 Å². The molecule has 0 aliphatic heterocycles. The number of aliphatic hydroxyl groups excluding tert-OH is 2. The van der Waals surface area contributed by atoms with Gasteiger partial charge in [-0.2, -0.15) is 5.10 Å². The summed E-state index contributed by atoms with van der Waals surface area (Å²) in [7, 11) is 1.83. The van der Waals surface area contributed by atoms with Gasteiger partial charge in [-0.1, -0.05) is 13.8 Å². The minimum atomic E-state index is -0.732. The van der Waals surface area contributed by atoms with Crippen molar-refractivity contribution >= 4 is 0 Å². The lowest BCUT2D eigenvalue weighted by Gasteiger charge is -2.19. The van der Waals surface area contributed by atoms with Gasteiger partial charge in [-0.25, -0.2) is 0 Å². The molecule has 0 saturated heterocycles. The van der Waals surface area contributed by atoms with Crippen molar-refractivity contribution in [3.63, 3.8) is 0 Å². The van der Waals surface area contributed by atoms with Gasteiger partial charge >= 0.3 is 0 Å². The van der Waals surface area contributed by atoms with E-state index in [0.29, 0.717) is 6.42 Å². The molecule has 0 saturated carbocycles. The Morgan fingerprint density at radius 1 is 1.43 bits per heavy atom. The molecule has 1 aromatic rings. The zero-order valence-electron chi connectivity index (χ0n) is 8.88. The van der Waals surface area contributed by atoms with Crippen molar-refractivity contribution in [2.75, 3.05) is 0 Å². The molecular formula is C10H18N2O2. The molecule has 1 rings (SSSR count). The molecule has 0 amide bonds. The van der Waals surface area contributed by atoms with Gasteiger partial charge in [0.1, 0.15) is 0 Å². The zero-order valence-corrected chi connectivity index (χ0v) is 8.88. The summed E-state index contributed by atoms with van der Waals surface area (Å²) in [5.74, 6) is 0.0636. The highest BCUT2D eigenvalue weighted by atomic mass is 16.3. The molecule has 0 radical (unpaired) electrons. The van der Waals surface area contributed by atoms with Crippen LogP contribution in [0.3, 0.4) is 0 Å². The lowest BCUT2D eigenvalue weighted by atomic mass is 9.99. The van der Waals surface area contributed by atoms with E-state index in [1.165, 1.54) is 0 Å². The van der Waals surface area contributed by atoms with Crippen molar-refractivity contribution < 1.29 is 10.2 Å². The van der Waals surface area contributed by atoms with E-state index in [9.17, 15) is 10.2 Å². The first-order valence-electron chi connectivity index (χ1n) is 4.85. The smallest absolute Gasteiger partial charge is 0.0857 e. The molecule has 1 heterocycles. The average molecular weight is 198 g/mol. The van der Waals surface area contributed by atoms with Crippen molar-refractivity contribution in [3.05, 3.63) is 18.0 Å². The minimum Gasteiger partial charge on any atom is -0.390 e. The third-order valence-electron chi connectivity index (χ3n) is 2.26. The van der Waals surface area contributed by atoms with Crippen molar-refractivity contribution in [2.24, 2.45) is 13.0 Å². The van der Waals surface area contributed by atoms with Crippen molar-refractivity contribution in [1.29, 1.82) is 0 Å². The molecule has 0 fully saturated rings. The monoisotopic (exact) mass is 198 g/mol. The largest absolute Gasteiger partial charge is 0.390 e. The molecule has 4 heteroatoms. The van der Waals surface area contributed by atoms with Gasteiger partial charge in [-0.3, -0.25) is 4.68 Å². The molecule has 2 atom stereocenters. The topological polar surface area (TPSA) is 58.3 Å². The molecule has 1 aromatic heterocycles. The van der Waals surface area contributed by atoms with E-state index in [1.807, 2.05) is 33.2 Å². The van der Waals surface area contributed by atoms with E-state index in [-0.39, 0.29) is 5.92 Å². The van der Waals surface area contributed by atoms with Crippen LogP contribution in [0.15, 0.2) is 12.3 Å². The fraction of sp³-hybridized carbons (Fsp3) is 0.700. The summed E-state index contributed by atoms with van der Waals surface area (Å²) in [6, 6.07) is 1.84. The molecule has 0 aliphatic rings. The highest BCUT2D eigenvalue weighted by molar-refractivity contribution is 5.01. The highest BCUT2D eigenvalue weighted by Gasteiger charge is 2.20. The third kappa shape index (κ3) is 2.82. The first kappa shape index (κ1) is 11.2. The average Bonchev–Trinajstić information content (AvgIpc) is 2.49. The minimum absolute atomic E-state index is 0.0636. The normalized spacial score (nSPS) is 15.9. The van der Waals surface area contributed by atoms with Crippen LogP contribution < -0.4 is 0 Å². The standard InChI is InChI=1S/C10H18N2O2/c1-7(2)10(14)9(13)6-8-4-5-12(3)11-8/h4-5,7,9-10,13-14H,6H2,1-3H3. The van der Waals surface area contributed by atoms with Gasteiger partial charge in [0, 0.05) is 19.7 Å². The van der Waals surface area contributed by atoms with E-state index in [4.69, 9.17) is 0 Å². The Balaban J connectivity index is 2.52. The van der Waals surface area contributed by atoms with Gasteiger partial charge in [-0.05, 0) is 12.0 Å². The molecule has 0 spiro atoms. The predicted octanol–water partition coefficient (Wildman–Crippen LogP) is 0.340. The lowest BCUT2D eigenvalue weighted by molar-refractivity contribution is -0.00783. The number of rotatable bonds is 4. The summed E-state index contributed by atoms with van der Waals surface area (Å²) < 4.78 is 1.68. The van der Waals surface area contributed by atoms with Crippen LogP contribution in [0.2, 0.25) is 0 Å². The first-order chi connectivity index (χ1) is 6.50. The number of aliphatic hydroxyl groups is 2. The van der Waals surface area contributed by atoms with Gasteiger partial charge in [0.25, 0.3) is 0 Å². The number of aryl methyl sites for hydroxylation is 1. The lowest BCUT2D eigenvalue weighted by Crippen LogP contribution is -2.32. The van der Waals surface area contributed by atoms with Crippen LogP contribution in [0, 0.1) is 5.92 Å². The third-order valence-corrected chi connectivity index (χ3v) is 2.26. The maximum atomic E-state index is 9.65. The van der Waals surface area contributed by atoms with Gasteiger partial charge in [0.05, 0.1) is 17.9 Å². The van der Waals surface area contributed by atoms with Crippen LogP contribution in [0.1, 0.15) is 19.5 Å². The molecule has 0 aromatic carbocycles. The Morgan fingerprint density at radius 2 is 2.07 bits per heavy atom. The van der Waals surface area contributed by atoms with Crippen LogP contribution >= 0.6 is 0 Å². The van der Waals surface area contributed by atoms with Crippen LogP contribution in [-0.2, 0) is 13.5 Å². The summed E-state index contributed by atoms with van der Waals surface area (Å²) in [6.07, 6.45) is 0.811. The Bertz CT molecular complexity index is 283. The van der Waals surface area contributed by atoms with Crippen molar-refractivity contribution in [3.8, 4) is 0 Å². The quantitative estimate of drug-likeness (QED) is 0.733. The van der Waals surface area contributed by atoms with Crippen LogP contribution in [-0.4, -0.2) is 32.2 Å². The summed E-state index contributed by atoms with van der Waals surface area (Å²) >= 11 is 0. The predicted molar refractivity (Wildman–Crippen MR) is 53.8 cm³/mol. The van der Waals surface area contributed by atoms with E-state index >= 15 is 0 Å². The second-order valence-corrected chi connectivity index (χ2v) is 3.99. The second kappa shape index (κ2) is 4.57. The van der Waals surface area contributed by atoms with E-state index in [1.54, 1.807) is 4.68 Å². The molecule has 4 nitrogen and oxygen atoms in total. The molecule has 2 unspecified atom stereocenters. The number of nitrogens with zero attached hydrogens (tertiary/aromatic N) is 2. The molecule has 2 N–H and O–H groups in total. The fourth-order valence-electron chi connectivity index (χ4n) is 1.35. The summed E-state index contributed by atoms with van der Waals surface area (Å²) in [6.45, 7) is 3.76. The van der Waals surface area contributed by atoms with Crippen LogP contribution in [0.25, 0.3) is 0 Å². The van der Waals surface area contributed by atoms with E-state index in [2.05, 4.69) is 5.10 Å². The van der Waals surface area contributed by atoms with Gasteiger partial charge < -0.3 is 10.2 Å². The number of hydrogen-bond donors (Lipinski definition) is 2. The Hall–Kier alpha value is -0.870. The van der Waals surface area contributed by atoms with Gasteiger partial charge in [-0.15, -0.1) is 0 Å². The van der Waals surface area contributed by atoms with Crippen molar-refractivity contribution in [2.45, 2.75) is 32.5 Å². The van der Waals surface area contributed by atoms with Gasteiger partial charge in [0.2, 0.25) is 0 Å². The van der Waals surface area contributed by atoms with Crippen LogP contribution in [0.5, 0.6) is 0 Å². The van der Waals surface area contributed by atoms with Crippen LogP contribution in [0.4, 0.5) is 0 Å². The maximum Gasteiger partial charge on any atom is 0.0857 e. The summed E-state index contributed by atoms with van der Waals surface area (Å²) in [5, 5.41) is 23.4.